The summed E-state index contributed by atoms with van der Waals surface area (Å²) in [6.07, 6.45) is -0.630. The van der Waals surface area contributed by atoms with Crippen LogP contribution < -0.4 is 5.32 Å². The zero-order valence-electron chi connectivity index (χ0n) is 11.0. The number of hydrogen-bond donors (Lipinski definition) is 2. The molecule has 1 unspecified atom stereocenters. The Hall–Kier alpha value is -1.30. The third-order valence-corrected chi connectivity index (χ3v) is 3.95. The minimum Gasteiger partial charge on any atom is -0.387 e. The van der Waals surface area contributed by atoms with Gasteiger partial charge in [0.1, 0.15) is 5.82 Å². The van der Waals surface area contributed by atoms with Crippen LogP contribution >= 0.6 is 11.3 Å². The van der Waals surface area contributed by atoms with E-state index in [1.165, 1.54) is 17.0 Å². The van der Waals surface area contributed by atoms with Crippen LogP contribution in [0, 0.1) is 19.7 Å². The summed E-state index contributed by atoms with van der Waals surface area (Å²) in [5, 5.41) is 14.2. The fourth-order valence-electron chi connectivity index (χ4n) is 1.86. The molecule has 1 aromatic carbocycles. The summed E-state index contributed by atoms with van der Waals surface area (Å²) in [6.45, 7) is 5.09. The van der Waals surface area contributed by atoms with Gasteiger partial charge in [0.2, 0.25) is 0 Å². The number of nitrogens with zero attached hydrogens (tertiary/aromatic N) is 1. The molecule has 0 aliphatic carbocycles. The molecule has 2 rings (SSSR count). The second-order valence-corrected chi connectivity index (χ2v) is 5.73. The highest BCUT2D eigenvalue weighted by Gasteiger charge is 2.09. The van der Waals surface area contributed by atoms with Crippen LogP contribution in [0.2, 0.25) is 0 Å². The van der Waals surface area contributed by atoms with E-state index >= 15 is 0 Å². The maximum absolute atomic E-state index is 12.8. The number of halogens is 1. The van der Waals surface area contributed by atoms with Crippen LogP contribution in [0.25, 0.3) is 0 Å². The molecule has 2 N–H and O–H groups in total. The van der Waals surface area contributed by atoms with Gasteiger partial charge in [-0.1, -0.05) is 12.1 Å². The molecule has 0 aliphatic rings. The van der Waals surface area contributed by atoms with E-state index in [9.17, 15) is 9.50 Å². The molecule has 0 spiro atoms. The highest BCUT2D eigenvalue weighted by atomic mass is 32.1. The first-order valence-electron chi connectivity index (χ1n) is 6.13. The molecule has 0 amide bonds. The van der Waals surface area contributed by atoms with Gasteiger partial charge >= 0.3 is 0 Å². The highest BCUT2D eigenvalue weighted by molar-refractivity contribution is 7.11. The van der Waals surface area contributed by atoms with E-state index in [4.69, 9.17) is 0 Å². The topological polar surface area (TPSA) is 45.2 Å². The van der Waals surface area contributed by atoms with Gasteiger partial charge in [-0.05, 0) is 31.5 Å². The number of aliphatic hydroxyl groups is 1. The fraction of sp³-hybridized carbons (Fsp3) is 0.357. The summed E-state index contributed by atoms with van der Waals surface area (Å²) in [5.74, 6) is -0.292. The Balaban J connectivity index is 1.85. The predicted molar refractivity (Wildman–Crippen MR) is 74.7 cm³/mol. The van der Waals surface area contributed by atoms with Crippen molar-refractivity contribution in [1.29, 1.82) is 0 Å². The minimum atomic E-state index is -0.630. The van der Waals surface area contributed by atoms with Gasteiger partial charge in [0.25, 0.3) is 0 Å². The van der Waals surface area contributed by atoms with E-state index < -0.39 is 6.10 Å². The van der Waals surface area contributed by atoms with Crippen molar-refractivity contribution >= 4 is 11.3 Å². The second kappa shape index (κ2) is 6.23. The Labute approximate surface area is 116 Å². The number of hydrogen-bond acceptors (Lipinski definition) is 4. The lowest BCUT2D eigenvalue weighted by atomic mass is 10.1. The maximum Gasteiger partial charge on any atom is 0.123 e. The van der Waals surface area contributed by atoms with Crippen molar-refractivity contribution in [3.63, 3.8) is 0 Å². The summed E-state index contributed by atoms with van der Waals surface area (Å²) >= 11 is 1.66. The van der Waals surface area contributed by atoms with E-state index in [1.54, 1.807) is 23.5 Å². The van der Waals surface area contributed by atoms with Crippen LogP contribution in [-0.2, 0) is 6.54 Å². The molecule has 0 aliphatic heterocycles. The standard InChI is InChI=1S/C14H17FN2OS/c1-9-14(19-10(2)17-9)8-16-7-13(18)11-3-5-12(15)6-4-11/h3-6,13,16,18H,7-8H2,1-2H3. The van der Waals surface area contributed by atoms with Crippen molar-refractivity contribution in [1.82, 2.24) is 10.3 Å². The third-order valence-electron chi connectivity index (χ3n) is 2.88. The molecular formula is C14H17FN2OS. The lowest BCUT2D eigenvalue weighted by Gasteiger charge is -2.11. The molecule has 5 heteroatoms. The van der Waals surface area contributed by atoms with E-state index in [0.29, 0.717) is 18.7 Å². The molecule has 19 heavy (non-hydrogen) atoms. The summed E-state index contributed by atoms with van der Waals surface area (Å²) < 4.78 is 12.8. The Morgan fingerprint density at radius 2 is 2.00 bits per heavy atom. The van der Waals surface area contributed by atoms with Gasteiger partial charge in [0.15, 0.2) is 0 Å². The predicted octanol–water partition coefficient (Wildman–Crippen LogP) is 2.72. The van der Waals surface area contributed by atoms with Gasteiger partial charge in [-0.2, -0.15) is 0 Å². The van der Waals surface area contributed by atoms with E-state index in [-0.39, 0.29) is 5.82 Å². The molecule has 0 saturated carbocycles. The van der Waals surface area contributed by atoms with Crippen molar-refractivity contribution in [2.75, 3.05) is 6.54 Å². The number of thiazole rings is 1. The van der Waals surface area contributed by atoms with Crippen molar-refractivity contribution in [2.45, 2.75) is 26.5 Å². The summed E-state index contributed by atoms with van der Waals surface area (Å²) in [6, 6.07) is 5.91. The number of rotatable bonds is 5. The number of aryl methyl sites for hydroxylation is 2. The van der Waals surface area contributed by atoms with Crippen molar-refractivity contribution in [3.05, 3.63) is 51.2 Å². The third kappa shape index (κ3) is 3.83. The van der Waals surface area contributed by atoms with Crippen LogP contribution in [0.15, 0.2) is 24.3 Å². The number of nitrogens with one attached hydrogen (secondary N) is 1. The van der Waals surface area contributed by atoms with Gasteiger partial charge in [-0.25, -0.2) is 9.37 Å². The lowest BCUT2D eigenvalue weighted by molar-refractivity contribution is 0.174. The van der Waals surface area contributed by atoms with E-state index in [1.807, 2.05) is 13.8 Å². The molecule has 1 atom stereocenters. The van der Waals surface area contributed by atoms with Crippen LogP contribution in [0.4, 0.5) is 4.39 Å². The molecule has 0 fully saturated rings. The fourth-order valence-corrected chi connectivity index (χ4v) is 2.77. The van der Waals surface area contributed by atoms with Gasteiger partial charge in [0.05, 0.1) is 16.8 Å². The first-order valence-corrected chi connectivity index (χ1v) is 6.95. The summed E-state index contributed by atoms with van der Waals surface area (Å²) in [4.78, 5) is 5.54. The smallest absolute Gasteiger partial charge is 0.123 e. The van der Waals surface area contributed by atoms with Crippen LogP contribution in [0.3, 0.4) is 0 Å². The SMILES string of the molecule is Cc1nc(C)c(CNCC(O)c2ccc(F)cc2)s1. The number of benzene rings is 1. The molecule has 2 aromatic rings. The first kappa shape index (κ1) is 14.1. The average Bonchev–Trinajstić information content (AvgIpc) is 2.68. The Kier molecular flexibility index (Phi) is 4.63. The Bertz CT molecular complexity index is 539. The monoisotopic (exact) mass is 280 g/mol. The Morgan fingerprint density at radius 1 is 1.32 bits per heavy atom. The molecule has 0 saturated heterocycles. The summed E-state index contributed by atoms with van der Waals surface area (Å²) in [7, 11) is 0. The Morgan fingerprint density at radius 3 is 2.58 bits per heavy atom. The first-order chi connectivity index (χ1) is 9.06. The molecule has 1 heterocycles. The van der Waals surface area contributed by atoms with Crippen LogP contribution in [-0.4, -0.2) is 16.6 Å². The quantitative estimate of drug-likeness (QED) is 0.885. The molecular weight excluding hydrogens is 263 g/mol. The van der Waals surface area contributed by atoms with E-state index in [2.05, 4.69) is 10.3 Å². The van der Waals surface area contributed by atoms with Gasteiger partial charge in [0, 0.05) is 18.0 Å². The average molecular weight is 280 g/mol. The number of aliphatic hydroxyl groups excluding tert-OH is 1. The van der Waals surface area contributed by atoms with E-state index in [0.717, 1.165) is 10.7 Å². The van der Waals surface area contributed by atoms with Crippen LogP contribution in [0.1, 0.15) is 27.2 Å². The molecule has 0 bridgehead atoms. The summed E-state index contributed by atoms with van der Waals surface area (Å²) in [5.41, 5.74) is 1.75. The zero-order chi connectivity index (χ0) is 13.8. The molecule has 0 radical (unpaired) electrons. The lowest BCUT2D eigenvalue weighted by Crippen LogP contribution is -2.21. The van der Waals surface area contributed by atoms with Gasteiger partial charge in [-0.15, -0.1) is 11.3 Å². The highest BCUT2D eigenvalue weighted by Crippen LogP contribution is 2.17. The molecule has 102 valence electrons. The van der Waals surface area contributed by atoms with Gasteiger partial charge in [-0.3, -0.25) is 0 Å². The largest absolute Gasteiger partial charge is 0.387 e. The number of aromatic nitrogens is 1. The second-order valence-electron chi connectivity index (χ2n) is 4.44. The zero-order valence-corrected chi connectivity index (χ0v) is 11.8. The van der Waals surface area contributed by atoms with Gasteiger partial charge < -0.3 is 10.4 Å². The molecule has 1 aromatic heterocycles. The molecule has 3 nitrogen and oxygen atoms in total. The minimum absolute atomic E-state index is 0.292. The van der Waals surface area contributed by atoms with Crippen molar-refractivity contribution < 1.29 is 9.50 Å². The van der Waals surface area contributed by atoms with Crippen molar-refractivity contribution in [2.24, 2.45) is 0 Å². The normalized spacial score (nSPS) is 12.6. The maximum atomic E-state index is 12.8. The van der Waals surface area contributed by atoms with Crippen molar-refractivity contribution in [3.8, 4) is 0 Å². The van der Waals surface area contributed by atoms with Crippen LogP contribution in [0.5, 0.6) is 0 Å².